The van der Waals surface area contributed by atoms with Crippen LogP contribution < -0.4 is 5.32 Å². The Labute approximate surface area is 89.4 Å². The number of hydrogen-bond acceptors (Lipinski definition) is 3. The average molecular weight is 214 g/mol. The molecule has 2 N–H and O–H groups in total. The van der Waals surface area contributed by atoms with Gasteiger partial charge < -0.3 is 15.3 Å². The van der Waals surface area contributed by atoms with E-state index in [4.69, 9.17) is 5.11 Å². The number of hydrogen-bond donors (Lipinski definition) is 2. The molecule has 0 aromatic rings. The molecule has 1 fully saturated rings. The van der Waals surface area contributed by atoms with Gasteiger partial charge in [0, 0.05) is 18.6 Å². The first kappa shape index (κ1) is 12.0. The average Bonchev–Trinajstić information content (AvgIpc) is 2.10. The van der Waals surface area contributed by atoms with Gasteiger partial charge in [-0.3, -0.25) is 9.59 Å². The van der Waals surface area contributed by atoms with Crippen molar-refractivity contribution in [3.8, 4) is 0 Å². The van der Waals surface area contributed by atoms with Gasteiger partial charge in [-0.2, -0.15) is 0 Å². The van der Waals surface area contributed by atoms with E-state index in [9.17, 15) is 9.59 Å². The summed E-state index contributed by atoms with van der Waals surface area (Å²) in [5, 5.41) is 11.2. The molecular formula is C10H18N2O3. The van der Waals surface area contributed by atoms with Gasteiger partial charge in [-0.15, -0.1) is 0 Å². The Morgan fingerprint density at radius 2 is 2.20 bits per heavy atom. The Bertz CT molecular complexity index is 255. The number of aliphatic carboxylic acids is 1. The van der Waals surface area contributed by atoms with Crippen molar-refractivity contribution in [2.45, 2.75) is 38.3 Å². The quantitative estimate of drug-likeness (QED) is 0.652. The zero-order valence-electron chi connectivity index (χ0n) is 9.19. The van der Waals surface area contributed by atoms with Crippen LogP contribution in [0.25, 0.3) is 0 Å². The van der Waals surface area contributed by atoms with Gasteiger partial charge in [0.05, 0.1) is 0 Å². The van der Waals surface area contributed by atoms with E-state index in [1.807, 2.05) is 0 Å². The molecule has 15 heavy (non-hydrogen) atoms. The topological polar surface area (TPSA) is 69.6 Å². The molecule has 1 aliphatic heterocycles. The Balaban J connectivity index is 2.33. The van der Waals surface area contributed by atoms with Crippen LogP contribution in [0.4, 0.5) is 0 Å². The van der Waals surface area contributed by atoms with Crippen molar-refractivity contribution in [1.29, 1.82) is 0 Å². The fraction of sp³-hybridized carbons (Fsp3) is 0.800. The highest BCUT2D eigenvalue weighted by Gasteiger charge is 2.24. The summed E-state index contributed by atoms with van der Waals surface area (Å²) in [6, 6.07) is 0.567. The van der Waals surface area contributed by atoms with Crippen LogP contribution in [0.5, 0.6) is 0 Å². The molecule has 0 radical (unpaired) electrons. The second kappa shape index (κ2) is 5.11. The maximum atomic E-state index is 11.2. The highest BCUT2D eigenvalue weighted by atomic mass is 16.4. The first-order valence-electron chi connectivity index (χ1n) is 5.20. The van der Waals surface area contributed by atoms with Gasteiger partial charge in [0.25, 0.3) is 0 Å². The predicted molar refractivity (Wildman–Crippen MR) is 55.5 cm³/mol. The first-order valence-corrected chi connectivity index (χ1v) is 5.20. The normalized spacial score (nSPS) is 27.3. The number of carbonyl (C=O) groups excluding carboxylic acids is 1. The fourth-order valence-corrected chi connectivity index (χ4v) is 1.84. The minimum Gasteiger partial charge on any atom is -0.481 e. The molecule has 0 spiro atoms. The van der Waals surface area contributed by atoms with Crippen LogP contribution in [0.15, 0.2) is 0 Å². The summed E-state index contributed by atoms with van der Waals surface area (Å²) >= 11 is 0. The molecule has 1 aliphatic rings. The van der Waals surface area contributed by atoms with Crippen molar-refractivity contribution in [2.24, 2.45) is 0 Å². The summed E-state index contributed by atoms with van der Waals surface area (Å²) in [5.74, 6) is -1.46. The lowest BCUT2D eigenvalue weighted by atomic mass is 9.99. The van der Waals surface area contributed by atoms with Gasteiger partial charge in [-0.25, -0.2) is 0 Å². The molecule has 1 amide bonds. The molecule has 0 bridgehead atoms. The summed E-state index contributed by atoms with van der Waals surface area (Å²) < 4.78 is 0. The third-order valence-electron chi connectivity index (χ3n) is 2.89. The zero-order valence-corrected chi connectivity index (χ0v) is 9.19. The number of rotatable bonds is 3. The monoisotopic (exact) mass is 214 g/mol. The van der Waals surface area contributed by atoms with Crippen LogP contribution in [0.3, 0.4) is 0 Å². The Morgan fingerprint density at radius 1 is 1.53 bits per heavy atom. The largest absolute Gasteiger partial charge is 0.481 e. The van der Waals surface area contributed by atoms with E-state index < -0.39 is 12.4 Å². The van der Waals surface area contributed by atoms with Crippen LogP contribution in [0.1, 0.15) is 26.2 Å². The molecule has 0 aromatic carbocycles. The van der Waals surface area contributed by atoms with Gasteiger partial charge in [-0.05, 0) is 26.8 Å². The van der Waals surface area contributed by atoms with E-state index in [0.717, 1.165) is 19.4 Å². The number of nitrogens with one attached hydrogen (secondary N) is 1. The van der Waals surface area contributed by atoms with Crippen LogP contribution in [-0.2, 0) is 9.59 Å². The molecule has 1 heterocycles. The van der Waals surface area contributed by atoms with Crippen molar-refractivity contribution in [2.75, 3.05) is 13.6 Å². The summed E-state index contributed by atoms with van der Waals surface area (Å²) in [5.41, 5.74) is 0. The highest BCUT2D eigenvalue weighted by molar-refractivity contribution is 5.93. The maximum absolute atomic E-state index is 11.2. The van der Waals surface area contributed by atoms with E-state index in [0.29, 0.717) is 6.04 Å². The second-order valence-electron chi connectivity index (χ2n) is 4.19. The number of amides is 1. The van der Waals surface area contributed by atoms with Gasteiger partial charge in [0.15, 0.2) is 0 Å². The SMILES string of the molecule is CC1CC(NC(=O)CC(=O)O)CCN1C. The summed E-state index contributed by atoms with van der Waals surface area (Å²) in [4.78, 5) is 23.7. The lowest BCUT2D eigenvalue weighted by Gasteiger charge is -2.35. The smallest absolute Gasteiger partial charge is 0.312 e. The van der Waals surface area contributed by atoms with Crippen LogP contribution >= 0.6 is 0 Å². The number of carboxylic acid groups (broad SMARTS) is 1. The minimum absolute atomic E-state index is 0.128. The minimum atomic E-state index is -1.08. The molecule has 1 rings (SSSR count). The van der Waals surface area contributed by atoms with Crippen molar-refractivity contribution in [3.63, 3.8) is 0 Å². The van der Waals surface area contributed by atoms with E-state index in [1.54, 1.807) is 0 Å². The molecule has 0 aromatic heterocycles. The van der Waals surface area contributed by atoms with Gasteiger partial charge in [0.1, 0.15) is 6.42 Å². The van der Waals surface area contributed by atoms with E-state index in [-0.39, 0.29) is 11.9 Å². The highest BCUT2D eigenvalue weighted by Crippen LogP contribution is 2.15. The van der Waals surface area contributed by atoms with Gasteiger partial charge in [0.2, 0.25) is 5.91 Å². The van der Waals surface area contributed by atoms with Crippen LogP contribution in [-0.4, -0.2) is 47.6 Å². The lowest BCUT2D eigenvalue weighted by Crippen LogP contribution is -2.47. The predicted octanol–water partition coefficient (Wildman–Crippen LogP) is 0.0600. The number of carbonyl (C=O) groups is 2. The molecule has 1 saturated heterocycles. The summed E-state index contributed by atoms with van der Waals surface area (Å²) in [7, 11) is 2.06. The molecule has 5 nitrogen and oxygen atoms in total. The van der Waals surface area contributed by atoms with Crippen molar-refractivity contribution in [1.82, 2.24) is 10.2 Å². The summed E-state index contributed by atoms with van der Waals surface area (Å²) in [6.45, 7) is 3.05. The molecular weight excluding hydrogens is 196 g/mol. The standard InChI is InChI=1S/C10H18N2O3/c1-7-5-8(3-4-12(7)2)11-9(13)6-10(14)15/h7-8H,3-6H2,1-2H3,(H,11,13)(H,14,15). The first-order chi connectivity index (χ1) is 6.99. The third kappa shape index (κ3) is 3.87. The van der Waals surface area contributed by atoms with E-state index >= 15 is 0 Å². The Hall–Kier alpha value is -1.10. The van der Waals surface area contributed by atoms with Crippen LogP contribution in [0.2, 0.25) is 0 Å². The maximum Gasteiger partial charge on any atom is 0.312 e. The van der Waals surface area contributed by atoms with E-state index in [1.165, 1.54) is 0 Å². The Kier molecular flexibility index (Phi) is 4.08. The van der Waals surface area contributed by atoms with Crippen LogP contribution in [0, 0.1) is 0 Å². The Morgan fingerprint density at radius 3 is 2.73 bits per heavy atom. The second-order valence-corrected chi connectivity index (χ2v) is 4.19. The van der Waals surface area contributed by atoms with Gasteiger partial charge in [-0.1, -0.05) is 0 Å². The fourth-order valence-electron chi connectivity index (χ4n) is 1.84. The third-order valence-corrected chi connectivity index (χ3v) is 2.89. The lowest BCUT2D eigenvalue weighted by molar-refractivity contribution is -0.140. The molecule has 0 saturated carbocycles. The summed E-state index contributed by atoms with van der Waals surface area (Å²) in [6.07, 6.45) is 1.36. The number of piperidine rings is 1. The number of nitrogens with zero attached hydrogens (tertiary/aromatic N) is 1. The van der Waals surface area contributed by atoms with Crippen molar-refractivity contribution >= 4 is 11.9 Å². The van der Waals surface area contributed by atoms with Gasteiger partial charge >= 0.3 is 5.97 Å². The van der Waals surface area contributed by atoms with Crippen molar-refractivity contribution < 1.29 is 14.7 Å². The molecule has 0 aliphatic carbocycles. The van der Waals surface area contributed by atoms with Crippen molar-refractivity contribution in [3.05, 3.63) is 0 Å². The molecule has 2 unspecified atom stereocenters. The molecule has 5 heteroatoms. The number of carboxylic acids is 1. The van der Waals surface area contributed by atoms with E-state index in [2.05, 4.69) is 24.2 Å². The number of likely N-dealkylation sites (tertiary alicyclic amines) is 1. The zero-order chi connectivity index (χ0) is 11.4. The molecule has 86 valence electrons. The molecule has 2 atom stereocenters.